The van der Waals surface area contributed by atoms with Gasteiger partial charge in [-0.25, -0.2) is 4.79 Å². The van der Waals surface area contributed by atoms with Crippen LogP contribution in [0, 0.1) is 0 Å². The summed E-state index contributed by atoms with van der Waals surface area (Å²) in [6, 6.07) is 12.2. The van der Waals surface area contributed by atoms with E-state index < -0.39 is 0 Å². The van der Waals surface area contributed by atoms with Crippen molar-refractivity contribution in [2.75, 3.05) is 18.5 Å². The van der Waals surface area contributed by atoms with E-state index in [4.69, 9.17) is 4.74 Å². The van der Waals surface area contributed by atoms with E-state index in [1.54, 1.807) is 0 Å². The summed E-state index contributed by atoms with van der Waals surface area (Å²) in [6.45, 7) is 15.2. The number of phenolic OH excluding ortho intramolecular Hbond substituents is 1. The van der Waals surface area contributed by atoms with Gasteiger partial charge in [0.1, 0.15) is 5.75 Å². The van der Waals surface area contributed by atoms with Gasteiger partial charge in [-0.3, -0.25) is 4.79 Å². The number of benzene rings is 2. The molecular formula is C32H46N2O4. The zero-order valence-corrected chi connectivity index (χ0v) is 24.3. The van der Waals surface area contributed by atoms with Crippen molar-refractivity contribution < 1.29 is 19.4 Å². The number of piperidine rings is 1. The van der Waals surface area contributed by atoms with Crippen molar-refractivity contribution in [3.05, 3.63) is 58.7 Å². The van der Waals surface area contributed by atoms with Crippen molar-refractivity contribution in [2.24, 2.45) is 0 Å². The number of anilines is 1. The molecule has 38 heavy (non-hydrogen) atoms. The Morgan fingerprint density at radius 2 is 1.63 bits per heavy atom. The molecule has 2 N–H and O–H groups in total. The maximum Gasteiger partial charge on any atom is 0.322 e. The molecule has 0 spiro atoms. The molecule has 6 nitrogen and oxygen atoms in total. The lowest BCUT2D eigenvalue weighted by atomic mass is 9.78. The molecule has 2 aromatic rings. The van der Waals surface area contributed by atoms with Gasteiger partial charge in [0.25, 0.3) is 0 Å². The fourth-order valence-electron chi connectivity index (χ4n) is 5.22. The highest BCUT2D eigenvalue weighted by Gasteiger charge is 2.28. The largest absolute Gasteiger partial charge is 0.507 e. The number of carbonyl (C=O) groups is 2. The Balaban J connectivity index is 1.77. The smallest absolute Gasteiger partial charge is 0.322 e. The van der Waals surface area contributed by atoms with E-state index in [1.165, 1.54) is 12.5 Å². The van der Waals surface area contributed by atoms with Crippen LogP contribution in [-0.2, 0) is 33.2 Å². The number of phenols is 1. The Morgan fingerprint density at radius 3 is 2.24 bits per heavy atom. The lowest BCUT2D eigenvalue weighted by Crippen LogP contribution is -2.46. The number of esters is 1. The van der Waals surface area contributed by atoms with E-state index in [0.29, 0.717) is 25.3 Å². The Morgan fingerprint density at radius 1 is 1.00 bits per heavy atom. The fourth-order valence-corrected chi connectivity index (χ4v) is 5.22. The van der Waals surface area contributed by atoms with Gasteiger partial charge in [0.05, 0.1) is 6.61 Å². The van der Waals surface area contributed by atoms with Gasteiger partial charge in [-0.15, -0.1) is 0 Å². The van der Waals surface area contributed by atoms with Crippen LogP contribution in [0.15, 0.2) is 36.4 Å². The number of nitrogens with zero attached hydrogens (tertiary/aromatic N) is 1. The first-order valence-corrected chi connectivity index (χ1v) is 13.9. The normalized spacial score (nSPS) is 16.3. The summed E-state index contributed by atoms with van der Waals surface area (Å²) in [6.07, 6.45) is 5.19. The third-order valence-electron chi connectivity index (χ3n) is 7.37. The topological polar surface area (TPSA) is 78.9 Å². The molecule has 2 aromatic carbocycles. The zero-order chi connectivity index (χ0) is 28.1. The molecule has 1 fully saturated rings. The summed E-state index contributed by atoms with van der Waals surface area (Å²) in [4.78, 5) is 26.4. The third-order valence-corrected chi connectivity index (χ3v) is 7.37. The number of urea groups is 1. The number of aryl methyl sites for hydroxylation is 2. The standard InChI is InChI=1S/C32H46N2O4/c1-22(35)38-19-17-25-13-10-11-18-34(25)30(37)33-28-14-9-8-12-24(28)16-15-23-20-26(31(2,3)4)29(36)27(21-23)32(5,6)7/h8-9,12,14,20-21,25,36H,10-11,13,15-19H2,1-7H3,(H,33,37). The van der Waals surface area contributed by atoms with Crippen LogP contribution in [0.3, 0.4) is 0 Å². The van der Waals surface area contributed by atoms with Crippen LogP contribution in [0.25, 0.3) is 0 Å². The molecule has 0 aromatic heterocycles. The van der Waals surface area contributed by atoms with Gasteiger partial charge in [-0.05, 0) is 71.3 Å². The van der Waals surface area contributed by atoms with Gasteiger partial charge in [-0.1, -0.05) is 71.9 Å². The summed E-state index contributed by atoms with van der Waals surface area (Å²) in [5.74, 6) is 0.106. The predicted octanol–water partition coefficient (Wildman–Crippen LogP) is 7.11. The van der Waals surface area contributed by atoms with Crippen molar-refractivity contribution in [3.8, 4) is 5.75 Å². The van der Waals surface area contributed by atoms with Crippen LogP contribution >= 0.6 is 0 Å². The number of para-hydroxylation sites is 1. The molecule has 208 valence electrons. The Labute approximate surface area is 228 Å². The van der Waals surface area contributed by atoms with E-state index in [0.717, 1.165) is 54.5 Å². The molecule has 6 heteroatoms. The van der Waals surface area contributed by atoms with Crippen molar-refractivity contribution in [2.45, 2.75) is 104 Å². The zero-order valence-electron chi connectivity index (χ0n) is 24.3. The van der Waals surface area contributed by atoms with Gasteiger partial charge in [0.15, 0.2) is 0 Å². The molecule has 1 aliphatic heterocycles. The number of amides is 2. The first-order chi connectivity index (χ1) is 17.8. The predicted molar refractivity (Wildman–Crippen MR) is 154 cm³/mol. The van der Waals surface area contributed by atoms with Gasteiger partial charge in [0.2, 0.25) is 0 Å². The molecule has 0 radical (unpaired) electrons. The number of ether oxygens (including phenoxy) is 1. The van der Waals surface area contributed by atoms with Crippen LogP contribution in [-0.4, -0.2) is 41.2 Å². The van der Waals surface area contributed by atoms with E-state index in [9.17, 15) is 14.7 Å². The maximum absolute atomic E-state index is 13.3. The molecule has 2 amide bonds. The van der Waals surface area contributed by atoms with E-state index >= 15 is 0 Å². The monoisotopic (exact) mass is 522 g/mol. The number of carbonyl (C=O) groups excluding carboxylic acids is 2. The van der Waals surface area contributed by atoms with Gasteiger partial charge in [0, 0.05) is 31.6 Å². The highest BCUT2D eigenvalue weighted by molar-refractivity contribution is 5.90. The number of likely N-dealkylation sites (tertiary alicyclic amines) is 1. The number of hydrogen-bond acceptors (Lipinski definition) is 4. The minimum absolute atomic E-state index is 0.0684. The van der Waals surface area contributed by atoms with Crippen molar-refractivity contribution in [1.29, 1.82) is 0 Å². The summed E-state index contributed by atoms with van der Waals surface area (Å²) in [5, 5.41) is 14.2. The van der Waals surface area contributed by atoms with Crippen molar-refractivity contribution in [1.82, 2.24) is 4.90 Å². The molecule has 1 heterocycles. The lowest BCUT2D eigenvalue weighted by molar-refractivity contribution is -0.141. The highest BCUT2D eigenvalue weighted by atomic mass is 16.5. The van der Waals surface area contributed by atoms with E-state index in [1.807, 2.05) is 23.1 Å². The van der Waals surface area contributed by atoms with E-state index in [2.05, 4.69) is 65.1 Å². The van der Waals surface area contributed by atoms with E-state index in [-0.39, 0.29) is 28.9 Å². The fraction of sp³-hybridized carbons (Fsp3) is 0.562. The Bertz CT molecular complexity index is 1090. The van der Waals surface area contributed by atoms with Crippen molar-refractivity contribution >= 4 is 17.7 Å². The number of aromatic hydroxyl groups is 1. The highest BCUT2D eigenvalue weighted by Crippen LogP contribution is 2.40. The van der Waals surface area contributed by atoms with Gasteiger partial charge >= 0.3 is 12.0 Å². The van der Waals surface area contributed by atoms with Crippen LogP contribution in [0.2, 0.25) is 0 Å². The molecule has 3 rings (SSSR count). The molecule has 0 saturated carbocycles. The molecular weight excluding hydrogens is 476 g/mol. The SMILES string of the molecule is CC(=O)OCCC1CCCCN1C(=O)Nc1ccccc1CCc1cc(C(C)(C)C)c(O)c(C(C)(C)C)c1. The molecule has 1 aliphatic rings. The summed E-state index contributed by atoms with van der Waals surface area (Å²) >= 11 is 0. The number of rotatable bonds is 7. The maximum atomic E-state index is 13.3. The second kappa shape index (κ2) is 12.2. The summed E-state index contributed by atoms with van der Waals surface area (Å²) < 4.78 is 5.14. The Hall–Kier alpha value is -3.02. The van der Waals surface area contributed by atoms with Crippen LogP contribution in [0.1, 0.15) is 96.4 Å². The first kappa shape index (κ1) is 29.5. The number of hydrogen-bond donors (Lipinski definition) is 2. The third kappa shape index (κ3) is 7.75. The van der Waals surface area contributed by atoms with Gasteiger partial charge in [-0.2, -0.15) is 0 Å². The molecule has 1 saturated heterocycles. The minimum Gasteiger partial charge on any atom is -0.507 e. The van der Waals surface area contributed by atoms with Crippen LogP contribution in [0.4, 0.5) is 10.5 Å². The average molecular weight is 523 g/mol. The lowest BCUT2D eigenvalue weighted by Gasteiger charge is -2.35. The minimum atomic E-state index is -0.288. The molecule has 0 aliphatic carbocycles. The van der Waals surface area contributed by atoms with Gasteiger partial charge < -0.3 is 20.1 Å². The second-order valence-electron chi connectivity index (χ2n) is 12.6. The number of nitrogens with one attached hydrogen (secondary N) is 1. The first-order valence-electron chi connectivity index (χ1n) is 13.9. The van der Waals surface area contributed by atoms with Crippen molar-refractivity contribution in [3.63, 3.8) is 0 Å². The van der Waals surface area contributed by atoms with Crippen LogP contribution in [0.5, 0.6) is 5.75 Å². The molecule has 0 bridgehead atoms. The Kier molecular flexibility index (Phi) is 9.50. The van der Waals surface area contributed by atoms with Crippen LogP contribution < -0.4 is 5.32 Å². The summed E-state index contributed by atoms with van der Waals surface area (Å²) in [5.41, 5.74) is 4.67. The quantitative estimate of drug-likeness (QED) is 0.380. The second-order valence-corrected chi connectivity index (χ2v) is 12.6. The molecule has 1 atom stereocenters. The summed E-state index contributed by atoms with van der Waals surface area (Å²) in [7, 11) is 0. The average Bonchev–Trinajstić information content (AvgIpc) is 2.82. The molecule has 1 unspecified atom stereocenters.